The molecule has 1 rings (SSSR count). The monoisotopic (exact) mass is 182 g/mol. The lowest BCUT2D eigenvalue weighted by Gasteiger charge is -2.20. The lowest BCUT2D eigenvalue weighted by atomic mass is 10.0. The molecule has 1 heterocycles. The summed E-state index contributed by atoms with van der Waals surface area (Å²) in [6.07, 6.45) is 0.432. The van der Waals surface area contributed by atoms with Gasteiger partial charge in [-0.3, -0.25) is 4.79 Å². The zero-order valence-corrected chi connectivity index (χ0v) is 8.38. The topological polar surface area (TPSA) is 35.5 Å². The highest BCUT2D eigenvalue weighted by atomic mass is 16.8. The number of ether oxygens (including phenoxy) is 2. The Hall–Kier alpha value is -0.850. The van der Waals surface area contributed by atoms with Crippen molar-refractivity contribution in [1.29, 1.82) is 0 Å². The fraction of sp³-hybridized carbons (Fsp3) is 0.700. The molecule has 0 aromatic rings. The summed E-state index contributed by atoms with van der Waals surface area (Å²) < 4.78 is 11.1. The molecule has 0 radical (unpaired) electrons. The fourth-order valence-corrected chi connectivity index (χ4v) is 1.46. The molecule has 0 spiro atoms. The van der Waals surface area contributed by atoms with Gasteiger partial charge in [0.2, 0.25) is 0 Å². The molecular formula is C10H14O3. The first kappa shape index (κ1) is 10.2. The van der Waals surface area contributed by atoms with Gasteiger partial charge in [-0.05, 0) is 33.6 Å². The van der Waals surface area contributed by atoms with E-state index in [-0.39, 0.29) is 6.10 Å². The molecule has 1 fully saturated rings. The fourth-order valence-electron chi connectivity index (χ4n) is 1.46. The minimum absolute atomic E-state index is 0.130. The van der Waals surface area contributed by atoms with Crippen LogP contribution in [-0.4, -0.2) is 23.8 Å². The van der Waals surface area contributed by atoms with Gasteiger partial charge in [-0.15, -0.1) is 0 Å². The number of rotatable bonds is 0. The molecule has 0 aromatic carbocycles. The maximum Gasteiger partial charge on any atom is 0.192 e. The second-order valence-electron chi connectivity index (χ2n) is 3.76. The average Bonchev–Trinajstić information content (AvgIpc) is 2.18. The van der Waals surface area contributed by atoms with Crippen LogP contribution in [0.15, 0.2) is 0 Å². The molecule has 0 aliphatic carbocycles. The smallest absolute Gasteiger partial charge is 0.192 e. The maximum atomic E-state index is 10.1. The molecular weight excluding hydrogens is 168 g/mol. The summed E-state index contributed by atoms with van der Waals surface area (Å²) in [7, 11) is 0. The van der Waals surface area contributed by atoms with Crippen LogP contribution in [0.5, 0.6) is 0 Å². The van der Waals surface area contributed by atoms with Gasteiger partial charge in [0.05, 0.1) is 6.10 Å². The van der Waals surface area contributed by atoms with Crippen molar-refractivity contribution in [3.8, 4) is 11.8 Å². The van der Waals surface area contributed by atoms with Gasteiger partial charge in [0.25, 0.3) is 0 Å². The standard InChI is InChI=1S/C10H14O3/c1-8-10(4,6-5-7-11)13-9(2,3)12-8/h7-8H,1-4H3/t8-,10+/m1/s1. The van der Waals surface area contributed by atoms with Crippen LogP contribution in [0.3, 0.4) is 0 Å². The van der Waals surface area contributed by atoms with Crippen molar-refractivity contribution in [3.63, 3.8) is 0 Å². The minimum Gasteiger partial charge on any atom is -0.343 e. The Balaban J connectivity index is 2.87. The molecule has 3 nitrogen and oxygen atoms in total. The Morgan fingerprint density at radius 2 is 2.00 bits per heavy atom. The van der Waals surface area contributed by atoms with Gasteiger partial charge >= 0.3 is 0 Å². The Morgan fingerprint density at radius 3 is 2.38 bits per heavy atom. The molecule has 72 valence electrons. The third-order valence-corrected chi connectivity index (χ3v) is 2.07. The van der Waals surface area contributed by atoms with Gasteiger partial charge in [0.1, 0.15) is 0 Å². The first-order chi connectivity index (χ1) is 5.90. The van der Waals surface area contributed by atoms with E-state index in [0.717, 1.165) is 0 Å². The molecule has 13 heavy (non-hydrogen) atoms. The Morgan fingerprint density at radius 1 is 1.38 bits per heavy atom. The van der Waals surface area contributed by atoms with Crippen LogP contribution >= 0.6 is 0 Å². The van der Waals surface area contributed by atoms with E-state index in [1.165, 1.54) is 0 Å². The van der Waals surface area contributed by atoms with Gasteiger partial charge in [-0.2, -0.15) is 0 Å². The Labute approximate surface area is 78.4 Å². The van der Waals surface area contributed by atoms with E-state index in [0.29, 0.717) is 6.29 Å². The van der Waals surface area contributed by atoms with E-state index in [2.05, 4.69) is 11.8 Å². The second-order valence-corrected chi connectivity index (χ2v) is 3.76. The first-order valence-corrected chi connectivity index (χ1v) is 4.24. The molecule has 3 heteroatoms. The second kappa shape index (κ2) is 3.13. The molecule has 0 saturated carbocycles. The highest BCUT2D eigenvalue weighted by molar-refractivity contribution is 5.73. The van der Waals surface area contributed by atoms with E-state index in [1.807, 2.05) is 27.7 Å². The lowest BCUT2D eigenvalue weighted by molar-refractivity contribution is -0.151. The summed E-state index contributed by atoms with van der Waals surface area (Å²) in [6.45, 7) is 7.37. The third-order valence-electron chi connectivity index (χ3n) is 2.07. The van der Waals surface area contributed by atoms with E-state index < -0.39 is 11.4 Å². The molecule has 0 aromatic heterocycles. The zero-order chi connectivity index (χ0) is 10.1. The molecule has 1 aliphatic heterocycles. The maximum absolute atomic E-state index is 10.1. The summed E-state index contributed by atoms with van der Waals surface area (Å²) in [5.41, 5.74) is -0.676. The van der Waals surface area contributed by atoms with Crippen molar-refractivity contribution in [2.24, 2.45) is 0 Å². The van der Waals surface area contributed by atoms with E-state index in [1.54, 1.807) is 0 Å². The highest BCUT2D eigenvalue weighted by Crippen LogP contribution is 2.35. The third kappa shape index (κ3) is 2.09. The van der Waals surface area contributed by atoms with Gasteiger partial charge in [0, 0.05) is 0 Å². The van der Waals surface area contributed by atoms with Crippen LogP contribution in [-0.2, 0) is 14.3 Å². The number of carbonyl (C=O) groups is 1. The first-order valence-electron chi connectivity index (χ1n) is 4.24. The van der Waals surface area contributed by atoms with Gasteiger partial charge < -0.3 is 9.47 Å². The van der Waals surface area contributed by atoms with Gasteiger partial charge in [-0.25, -0.2) is 0 Å². The summed E-state index contributed by atoms with van der Waals surface area (Å²) in [4.78, 5) is 10.1. The summed E-state index contributed by atoms with van der Waals surface area (Å²) in [6, 6.07) is 0. The largest absolute Gasteiger partial charge is 0.343 e. The van der Waals surface area contributed by atoms with Crippen molar-refractivity contribution in [1.82, 2.24) is 0 Å². The van der Waals surface area contributed by atoms with Crippen molar-refractivity contribution in [3.05, 3.63) is 0 Å². The predicted molar refractivity (Wildman–Crippen MR) is 48.0 cm³/mol. The van der Waals surface area contributed by atoms with Crippen LogP contribution in [0.2, 0.25) is 0 Å². The van der Waals surface area contributed by atoms with Crippen molar-refractivity contribution in [2.75, 3.05) is 0 Å². The van der Waals surface area contributed by atoms with Crippen LogP contribution in [0.1, 0.15) is 27.7 Å². The molecule has 0 amide bonds. The van der Waals surface area contributed by atoms with Crippen LogP contribution in [0.4, 0.5) is 0 Å². The highest BCUT2D eigenvalue weighted by Gasteiger charge is 2.46. The van der Waals surface area contributed by atoms with Crippen molar-refractivity contribution in [2.45, 2.75) is 45.2 Å². The summed E-state index contributed by atoms with van der Waals surface area (Å²) in [5.74, 6) is 4.49. The van der Waals surface area contributed by atoms with Crippen molar-refractivity contribution < 1.29 is 14.3 Å². The summed E-state index contributed by atoms with van der Waals surface area (Å²) >= 11 is 0. The molecule has 0 bridgehead atoms. The SMILES string of the molecule is C[C@H]1OC(C)(C)O[C@@]1(C)C#CC=O. The Kier molecular flexibility index (Phi) is 2.47. The average molecular weight is 182 g/mol. The van der Waals surface area contributed by atoms with Crippen LogP contribution in [0, 0.1) is 11.8 Å². The lowest BCUT2D eigenvalue weighted by Crippen LogP contribution is -2.33. The van der Waals surface area contributed by atoms with Gasteiger partial charge in [-0.1, -0.05) is 5.92 Å². The van der Waals surface area contributed by atoms with Crippen LogP contribution in [0.25, 0.3) is 0 Å². The minimum atomic E-state index is -0.676. The number of hydrogen-bond donors (Lipinski definition) is 0. The van der Waals surface area contributed by atoms with E-state index in [4.69, 9.17) is 9.47 Å². The molecule has 0 N–H and O–H groups in total. The Bertz CT molecular complexity index is 272. The molecule has 0 unspecified atom stereocenters. The van der Waals surface area contributed by atoms with Crippen LogP contribution < -0.4 is 0 Å². The normalized spacial score (nSPS) is 36.5. The molecule has 1 saturated heterocycles. The zero-order valence-electron chi connectivity index (χ0n) is 8.38. The van der Waals surface area contributed by atoms with E-state index in [9.17, 15) is 4.79 Å². The quantitative estimate of drug-likeness (QED) is 0.416. The predicted octanol–water partition coefficient (Wildman–Crippen LogP) is 1.12. The number of hydrogen-bond acceptors (Lipinski definition) is 3. The number of carbonyl (C=O) groups excluding carboxylic acids is 1. The summed E-state index contributed by atoms with van der Waals surface area (Å²) in [5, 5.41) is 0. The number of aldehydes is 1. The molecule has 2 atom stereocenters. The molecule has 1 aliphatic rings. The van der Waals surface area contributed by atoms with E-state index >= 15 is 0 Å². The van der Waals surface area contributed by atoms with Crippen molar-refractivity contribution >= 4 is 6.29 Å². The van der Waals surface area contributed by atoms with Gasteiger partial charge in [0.15, 0.2) is 17.7 Å².